The number of hydrogen-bond acceptors (Lipinski definition) is 3. The first kappa shape index (κ1) is 19.9. The number of amides is 2. The van der Waals surface area contributed by atoms with Gasteiger partial charge in [0.25, 0.3) is 5.91 Å². The van der Waals surface area contributed by atoms with Gasteiger partial charge in [-0.3, -0.25) is 9.59 Å². The van der Waals surface area contributed by atoms with E-state index < -0.39 is 0 Å². The first-order valence-electron chi connectivity index (χ1n) is 8.60. The molecule has 26 heavy (non-hydrogen) atoms. The van der Waals surface area contributed by atoms with Crippen LogP contribution in [0.1, 0.15) is 35.7 Å². The topological polar surface area (TPSA) is 75.4 Å². The SMILES string of the molecule is CC(N)CCC(=O)Nc1ccc(C(=O)N2CCc3ccccc32)cc1.Cl. The Morgan fingerprint density at radius 3 is 2.54 bits per heavy atom. The first-order valence-corrected chi connectivity index (χ1v) is 8.60. The van der Waals surface area contributed by atoms with E-state index >= 15 is 0 Å². The van der Waals surface area contributed by atoms with Gasteiger partial charge in [0.05, 0.1) is 0 Å². The molecule has 0 saturated carbocycles. The standard InChI is InChI=1S/C20H23N3O2.ClH/c1-14(21)6-11-19(24)22-17-9-7-16(8-10-17)20(25)23-13-12-15-4-2-3-5-18(15)23;/h2-5,7-10,14H,6,11-13,21H2,1H3,(H,22,24);1H. The van der Waals surface area contributed by atoms with Crippen molar-refractivity contribution in [2.75, 3.05) is 16.8 Å². The number of nitrogens with two attached hydrogens (primary N) is 1. The Kier molecular flexibility index (Phi) is 6.77. The van der Waals surface area contributed by atoms with E-state index in [0.717, 1.165) is 12.1 Å². The maximum Gasteiger partial charge on any atom is 0.258 e. The van der Waals surface area contributed by atoms with Gasteiger partial charge in [0.2, 0.25) is 5.91 Å². The number of fused-ring (bicyclic) bond motifs is 1. The number of anilines is 2. The van der Waals surface area contributed by atoms with Gasteiger partial charge in [-0.25, -0.2) is 0 Å². The monoisotopic (exact) mass is 373 g/mol. The van der Waals surface area contributed by atoms with Crippen molar-refractivity contribution < 1.29 is 9.59 Å². The molecule has 0 saturated heterocycles. The molecule has 138 valence electrons. The maximum atomic E-state index is 12.7. The van der Waals surface area contributed by atoms with Gasteiger partial charge in [0, 0.05) is 35.9 Å². The van der Waals surface area contributed by atoms with E-state index in [0.29, 0.717) is 30.6 Å². The molecule has 1 heterocycles. The van der Waals surface area contributed by atoms with E-state index in [1.165, 1.54) is 5.56 Å². The van der Waals surface area contributed by atoms with Gasteiger partial charge in [-0.1, -0.05) is 18.2 Å². The van der Waals surface area contributed by atoms with E-state index in [2.05, 4.69) is 11.4 Å². The van der Waals surface area contributed by atoms with E-state index in [9.17, 15) is 9.59 Å². The second kappa shape index (κ2) is 8.83. The first-order chi connectivity index (χ1) is 12.0. The molecular formula is C20H24ClN3O2. The number of carbonyl (C=O) groups excluding carboxylic acids is 2. The molecule has 1 aliphatic rings. The van der Waals surface area contributed by atoms with Crippen LogP contribution < -0.4 is 16.0 Å². The molecular weight excluding hydrogens is 350 g/mol. The van der Waals surface area contributed by atoms with Crippen molar-refractivity contribution in [3.8, 4) is 0 Å². The van der Waals surface area contributed by atoms with Crippen LogP contribution in [0, 0.1) is 0 Å². The lowest BCUT2D eigenvalue weighted by molar-refractivity contribution is -0.116. The zero-order valence-electron chi connectivity index (χ0n) is 14.8. The zero-order valence-corrected chi connectivity index (χ0v) is 15.6. The summed E-state index contributed by atoms with van der Waals surface area (Å²) in [4.78, 5) is 26.4. The summed E-state index contributed by atoms with van der Waals surface area (Å²) in [5.41, 5.74) is 9.15. The fourth-order valence-electron chi connectivity index (χ4n) is 2.98. The maximum absolute atomic E-state index is 12.7. The van der Waals surface area contributed by atoms with E-state index in [1.807, 2.05) is 30.0 Å². The molecule has 0 bridgehead atoms. The normalized spacial score (nSPS) is 13.5. The number of nitrogens with one attached hydrogen (secondary N) is 1. The summed E-state index contributed by atoms with van der Waals surface area (Å²) in [6, 6.07) is 15.0. The molecule has 2 amide bonds. The van der Waals surface area contributed by atoms with Gasteiger partial charge in [0.1, 0.15) is 0 Å². The summed E-state index contributed by atoms with van der Waals surface area (Å²) in [7, 11) is 0. The molecule has 1 aliphatic heterocycles. The molecule has 3 rings (SSSR count). The number of halogens is 1. The molecule has 3 N–H and O–H groups in total. The van der Waals surface area contributed by atoms with Crippen molar-refractivity contribution in [1.82, 2.24) is 0 Å². The van der Waals surface area contributed by atoms with Gasteiger partial charge in [-0.05, 0) is 55.7 Å². The van der Waals surface area contributed by atoms with Crippen LogP contribution in [0.4, 0.5) is 11.4 Å². The second-order valence-corrected chi connectivity index (χ2v) is 6.48. The van der Waals surface area contributed by atoms with E-state index in [-0.39, 0.29) is 30.3 Å². The van der Waals surface area contributed by atoms with Crippen LogP contribution in [0.15, 0.2) is 48.5 Å². The van der Waals surface area contributed by atoms with E-state index in [4.69, 9.17) is 5.73 Å². The fourth-order valence-corrected chi connectivity index (χ4v) is 2.98. The fraction of sp³-hybridized carbons (Fsp3) is 0.300. The summed E-state index contributed by atoms with van der Waals surface area (Å²) in [5.74, 6) is -0.0790. The molecule has 6 heteroatoms. The average molecular weight is 374 g/mol. The van der Waals surface area contributed by atoms with Gasteiger partial charge in [-0.15, -0.1) is 12.4 Å². The van der Waals surface area contributed by atoms with Crippen molar-refractivity contribution in [3.63, 3.8) is 0 Å². The lowest BCUT2D eigenvalue weighted by atomic mass is 10.1. The number of para-hydroxylation sites is 1. The third-order valence-corrected chi connectivity index (χ3v) is 4.37. The molecule has 0 aliphatic carbocycles. The average Bonchev–Trinajstić information content (AvgIpc) is 3.04. The summed E-state index contributed by atoms with van der Waals surface area (Å²) in [6.45, 7) is 2.58. The second-order valence-electron chi connectivity index (χ2n) is 6.48. The molecule has 2 aromatic rings. The summed E-state index contributed by atoms with van der Waals surface area (Å²) in [5, 5.41) is 2.83. The zero-order chi connectivity index (χ0) is 17.8. The smallest absolute Gasteiger partial charge is 0.258 e. The number of benzene rings is 2. The lowest BCUT2D eigenvalue weighted by Gasteiger charge is -2.17. The highest BCUT2D eigenvalue weighted by Gasteiger charge is 2.24. The number of rotatable bonds is 5. The molecule has 5 nitrogen and oxygen atoms in total. The Hall–Kier alpha value is -2.37. The van der Waals surface area contributed by atoms with Crippen LogP contribution in [-0.2, 0) is 11.2 Å². The van der Waals surface area contributed by atoms with E-state index in [1.54, 1.807) is 24.3 Å². The van der Waals surface area contributed by atoms with Gasteiger partial charge in [0.15, 0.2) is 0 Å². The van der Waals surface area contributed by atoms with Crippen LogP contribution in [0.5, 0.6) is 0 Å². The Bertz CT molecular complexity index is 775. The predicted octanol–water partition coefficient (Wildman–Crippen LogP) is 3.38. The summed E-state index contributed by atoms with van der Waals surface area (Å²) < 4.78 is 0. The van der Waals surface area contributed by atoms with Crippen LogP contribution in [0.2, 0.25) is 0 Å². The molecule has 1 unspecified atom stereocenters. The Labute approximate surface area is 160 Å². The minimum absolute atomic E-state index is 0. The van der Waals surface area contributed by atoms with Gasteiger partial charge < -0.3 is 16.0 Å². The minimum atomic E-state index is -0.0650. The molecule has 0 radical (unpaired) electrons. The number of hydrogen-bond donors (Lipinski definition) is 2. The van der Waals surface area contributed by atoms with Crippen LogP contribution in [0.3, 0.4) is 0 Å². The molecule has 1 atom stereocenters. The number of carbonyl (C=O) groups is 2. The Balaban J connectivity index is 0.00000243. The summed E-state index contributed by atoms with van der Waals surface area (Å²) in [6.07, 6.45) is 1.93. The Morgan fingerprint density at radius 2 is 1.85 bits per heavy atom. The van der Waals surface area contributed by atoms with Crippen molar-refractivity contribution in [2.24, 2.45) is 5.73 Å². The predicted molar refractivity (Wildman–Crippen MR) is 107 cm³/mol. The third-order valence-electron chi connectivity index (χ3n) is 4.37. The molecule has 0 spiro atoms. The van der Waals surface area contributed by atoms with Crippen molar-refractivity contribution in [2.45, 2.75) is 32.2 Å². The van der Waals surface area contributed by atoms with Crippen molar-refractivity contribution in [1.29, 1.82) is 0 Å². The van der Waals surface area contributed by atoms with Gasteiger partial charge >= 0.3 is 0 Å². The van der Waals surface area contributed by atoms with Crippen LogP contribution in [0.25, 0.3) is 0 Å². The minimum Gasteiger partial charge on any atom is -0.328 e. The molecule has 2 aromatic carbocycles. The molecule has 0 aromatic heterocycles. The third kappa shape index (κ3) is 4.62. The van der Waals surface area contributed by atoms with Gasteiger partial charge in [-0.2, -0.15) is 0 Å². The van der Waals surface area contributed by atoms with Crippen LogP contribution in [-0.4, -0.2) is 24.4 Å². The lowest BCUT2D eigenvalue weighted by Crippen LogP contribution is -2.28. The van der Waals surface area contributed by atoms with Crippen molar-refractivity contribution in [3.05, 3.63) is 59.7 Å². The van der Waals surface area contributed by atoms with Crippen LogP contribution >= 0.6 is 12.4 Å². The highest BCUT2D eigenvalue weighted by atomic mass is 35.5. The Morgan fingerprint density at radius 1 is 1.15 bits per heavy atom. The highest BCUT2D eigenvalue weighted by molar-refractivity contribution is 6.07. The summed E-state index contributed by atoms with van der Waals surface area (Å²) >= 11 is 0. The quantitative estimate of drug-likeness (QED) is 0.843. The van der Waals surface area contributed by atoms with Crippen molar-refractivity contribution >= 4 is 35.6 Å². The molecule has 0 fully saturated rings. The number of nitrogens with zero attached hydrogens (tertiary/aromatic N) is 1. The highest BCUT2D eigenvalue weighted by Crippen LogP contribution is 2.29. The largest absolute Gasteiger partial charge is 0.328 e.